The Hall–Kier alpha value is -2.19. The number of benzene rings is 2. The molecule has 1 aliphatic carbocycles. The molecule has 8 heteroatoms. The smallest absolute Gasteiger partial charge is 0.300 e. The lowest BCUT2D eigenvalue weighted by Gasteiger charge is -2.39. The number of alkyl halides is 3. The summed E-state index contributed by atoms with van der Waals surface area (Å²) in [5.74, 6) is -0.298. The van der Waals surface area contributed by atoms with Crippen LogP contribution in [0.5, 0.6) is 0 Å². The largest absolute Gasteiger partial charge is 0.389 e. The van der Waals surface area contributed by atoms with Crippen molar-refractivity contribution in [1.29, 1.82) is 0 Å². The van der Waals surface area contributed by atoms with Crippen LogP contribution in [0.25, 0.3) is 11.1 Å². The van der Waals surface area contributed by atoms with Crippen molar-refractivity contribution in [1.82, 2.24) is 4.90 Å². The minimum Gasteiger partial charge on any atom is -0.300 e. The molecule has 1 saturated heterocycles. The number of carbonyl (C=O) groups excluding carboxylic acids is 1. The lowest BCUT2D eigenvalue weighted by Crippen LogP contribution is -2.53. The van der Waals surface area contributed by atoms with Gasteiger partial charge >= 0.3 is 6.18 Å². The Balaban J connectivity index is 1.47. The zero-order valence-electron chi connectivity index (χ0n) is 19.3. The number of nitrogens with zero attached hydrogens (tertiary/aromatic N) is 1. The molecule has 4 nitrogen and oxygen atoms in total. The Morgan fingerprint density at radius 1 is 0.971 bits per heavy atom. The number of rotatable bonds is 8. The van der Waals surface area contributed by atoms with Crippen molar-refractivity contribution in [2.24, 2.45) is 0 Å². The summed E-state index contributed by atoms with van der Waals surface area (Å²) in [6.07, 6.45) is -1.61. The third kappa shape index (κ3) is 5.23. The van der Waals surface area contributed by atoms with Gasteiger partial charge in [0.2, 0.25) is 0 Å². The molecule has 1 aliphatic heterocycles. The minimum atomic E-state index is -4.14. The Bertz CT molecular complexity index is 1110. The molecule has 0 bridgehead atoms. The standard InChI is InChI=1S/C26H30F3NO3S/c1-19(31)25(15-17-30(18-16-25)23-10-11-23)34(32,33)24-12-8-22(9-13-24)21-6-4-20(5-7-21)3-2-14-26(27,28)29/h4-9,12-13,23H,2-3,10-11,14-18H2,1H3. The number of hydrogen-bond acceptors (Lipinski definition) is 4. The van der Waals surface area contributed by atoms with Crippen LogP contribution in [0.4, 0.5) is 13.2 Å². The van der Waals surface area contributed by atoms with E-state index in [0.717, 1.165) is 29.5 Å². The zero-order chi connectivity index (χ0) is 24.6. The Kier molecular flexibility index (Phi) is 6.93. The van der Waals surface area contributed by atoms with Gasteiger partial charge in [-0.25, -0.2) is 8.42 Å². The maximum Gasteiger partial charge on any atom is 0.389 e. The Morgan fingerprint density at radius 2 is 1.50 bits per heavy atom. The molecule has 2 aromatic rings. The van der Waals surface area contributed by atoms with E-state index < -0.39 is 27.2 Å². The summed E-state index contributed by atoms with van der Waals surface area (Å²) >= 11 is 0. The maximum absolute atomic E-state index is 13.6. The summed E-state index contributed by atoms with van der Waals surface area (Å²) < 4.78 is 62.8. The molecule has 0 radical (unpaired) electrons. The van der Waals surface area contributed by atoms with Crippen LogP contribution in [0, 0.1) is 0 Å². The summed E-state index contributed by atoms with van der Waals surface area (Å²) in [5, 5.41) is 0. The van der Waals surface area contributed by atoms with E-state index in [-0.39, 0.29) is 17.1 Å². The fourth-order valence-corrected chi connectivity index (χ4v) is 6.95. The number of sulfone groups is 1. The molecule has 2 fully saturated rings. The van der Waals surface area contributed by atoms with Gasteiger partial charge in [-0.05, 0) is 74.3 Å². The summed E-state index contributed by atoms with van der Waals surface area (Å²) in [5.41, 5.74) is 2.48. The van der Waals surface area contributed by atoms with E-state index in [1.807, 2.05) is 12.1 Å². The van der Waals surface area contributed by atoms with Gasteiger partial charge in [-0.1, -0.05) is 36.4 Å². The molecule has 1 heterocycles. The van der Waals surface area contributed by atoms with Crippen LogP contribution in [0.2, 0.25) is 0 Å². The average Bonchev–Trinajstić information content (AvgIpc) is 3.64. The van der Waals surface area contributed by atoms with Crippen LogP contribution in [-0.4, -0.2) is 49.2 Å². The molecule has 34 heavy (non-hydrogen) atoms. The van der Waals surface area contributed by atoms with Crippen LogP contribution >= 0.6 is 0 Å². The van der Waals surface area contributed by atoms with Gasteiger partial charge < -0.3 is 4.90 Å². The topological polar surface area (TPSA) is 54.5 Å². The van der Waals surface area contributed by atoms with Gasteiger partial charge in [0.25, 0.3) is 0 Å². The van der Waals surface area contributed by atoms with Crippen molar-refractivity contribution in [3.63, 3.8) is 0 Å². The number of likely N-dealkylation sites (tertiary alicyclic amines) is 1. The van der Waals surface area contributed by atoms with Gasteiger partial charge in [0.15, 0.2) is 15.6 Å². The fourth-order valence-electron chi connectivity index (χ4n) is 4.91. The molecule has 4 rings (SSSR count). The summed E-state index contributed by atoms with van der Waals surface area (Å²) in [7, 11) is -3.85. The first-order valence-corrected chi connectivity index (χ1v) is 13.3. The number of hydrogen-bond donors (Lipinski definition) is 0. The second-order valence-electron chi connectivity index (χ2n) is 9.51. The molecule has 0 atom stereocenters. The molecule has 0 N–H and O–H groups in total. The van der Waals surface area contributed by atoms with Crippen LogP contribution in [0.3, 0.4) is 0 Å². The van der Waals surface area contributed by atoms with Crippen molar-refractivity contribution in [2.75, 3.05) is 13.1 Å². The van der Waals surface area contributed by atoms with Crippen LogP contribution < -0.4 is 0 Å². The quantitative estimate of drug-likeness (QED) is 0.481. The molecule has 1 saturated carbocycles. The third-order valence-corrected chi connectivity index (χ3v) is 9.82. The molecule has 2 aliphatic rings. The Labute approximate surface area is 199 Å². The second kappa shape index (κ2) is 9.46. The minimum absolute atomic E-state index is 0.0473. The van der Waals surface area contributed by atoms with Gasteiger partial charge in [0.05, 0.1) is 4.90 Å². The zero-order valence-corrected chi connectivity index (χ0v) is 20.1. The first-order chi connectivity index (χ1) is 16.0. The highest BCUT2D eigenvalue weighted by Crippen LogP contribution is 2.40. The number of aryl methyl sites for hydroxylation is 1. The highest BCUT2D eigenvalue weighted by molar-refractivity contribution is 7.93. The molecule has 184 valence electrons. The first kappa shape index (κ1) is 24.9. The summed E-state index contributed by atoms with van der Waals surface area (Å²) in [6, 6.07) is 14.4. The monoisotopic (exact) mass is 493 g/mol. The van der Waals surface area contributed by atoms with Gasteiger partial charge in [-0.15, -0.1) is 0 Å². The lowest BCUT2D eigenvalue weighted by molar-refractivity contribution is -0.135. The summed E-state index contributed by atoms with van der Waals surface area (Å²) in [4.78, 5) is 15.1. The van der Waals surface area contributed by atoms with E-state index in [4.69, 9.17) is 0 Å². The summed E-state index contributed by atoms with van der Waals surface area (Å²) in [6.45, 7) is 2.63. The van der Waals surface area contributed by atoms with E-state index in [9.17, 15) is 26.4 Å². The van der Waals surface area contributed by atoms with Crippen molar-refractivity contribution in [3.8, 4) is 11.1 Å². The fraction of sp³-hybridized carbons (Fsp3) is 0.500. The van der Waals surface area contributed by atoms with Gasteiger partial charge in [-0.2, -0.15) is 13.2 Å². The Morgan fingerprint density at radius 3 is 1.97 bits per heavy atom. The maximum atomic E-state index is 13.6. The predicted octanol–water partition coefficient (Wildman–Crippen LogP) is 5.60. The number of piperidine rings is 1. The van der Waals surface area contributed by atoms with Crippen molar-refractivity contribution in [3.05, 3.63) is 54.1 Å². The van der Waals surface area contributed by atoms with Crippen LogP contribution in [0.15, 0.2) is 53.4 Å². The SMILES string of the molecule is CC(=O)C1(S(=O)(=O)c2ccc(-c3ccc(CCCC(F)(F)F)cc3)cc2)CCN(C2CC2)CC1. The molecule has 0 amide bonds. The van der Waals surface area contributed by atoms with Crippen molar-refractivity contribution < 1.29 is 26.4 Å². The highest BCUT2D eigenvalue weighted by Gasteiger charge is 2.51. The normalized spacial score (nSPS) is 19.2. The van der Waals surface area contributed by atoms with E-state index in [1.165, 1.54) is 6.92 Å². The number of ketones is 1. The molecule has 0 aromatic heterocycles. The molecule has 2 aromatic carbocycles. The molecule has 0 spiro atoms. The highest BCUT2D eigenvalue weighted by atomic mass is 32.2. The number of Topliss-reactive ketones (excluding diaryl/α,β-unsaturated/α-hetero) is 1. The van der Waals surface area contributed by atoms with E-state index in [2.05, 4.69) is 4.90 Å². The van der Waals surface area contributed by atoms with E-state index >= 15 is 0 Å². The van der Waals surface area contributed by atoms with Crippen LogP contribution in [0.1, 0.15) is 51.0 Å². The first-order valence-electron chi connectivity index (χ1n) is 11.8. The van der Waals surface area contributed by atoms with Gasteiger partial charge in [0.1, 0.15) is 4.75 Å². The van der Waals surface area contributed by atoms with Crippen LogP contribution in [-0.2, 0) is 21.1 Å². The second-order valence-corrected chi connectivity index (χ2v) is 11.8. The average molecular weight is 494 g/mol. The predicted molar refractivity (Wildman–Crippen MR) is 125 cm³/mol. The van der Waals surface area contributed by atoms with Crippen molar-refractivity contribution in [2.45, 2.75) is 73.7 Å². The molecule has 0 unspecified atom stereocenters. The van der Waals surface area contributed by atoms with Gasteiger partial charge in [-0.3, -0.25) is 4.79 Å². The number of halogens is 3. The molecular weight excluding hydrogens is 463 g/mol. The van der Waals surface area contributed by atoms with E-state index in [0.29, 0.717) is 38.4 Å². The van der Waals surface area contributed by atoms with Crippen molar-refractivity contribution >= 4 is 15.6 Å². The van der Waals surface area contributed by atoms with Gasteiger partial charge in [0, 0.05) is 25.6 Å². The third-order valence-electron chi connectivity index (χ3n) is 7.20. The van der Waals surface area contributed by atoms with E-state index in [1.54, 1.807) is 36.4 Å². The molecular formula is C26H30F3NO3S. The number of carbonyl (C=O) groups is 1. The lowest BCUT2D eigenvalue weighted by atomic mass is 9.92.